The lowest BCUT2D eigenvalue weighted by molar-refractivity contribution is 0.602. The van der Waals surface area contributed by atoms with Gasteiger partial charge in [-0.25, -0.2) is 13.4 Å². The van der Waals surface area contributed by atoms with Crippen molar-refractivity contribution in [3.8, 4) is 6.07 Å². The van der Waals surface area contributed by atoms with Crippen LogP contribution in [0, 0.1) is 11.3 Å². The third kappa shape index (κ3) is 3.13. The Labute approximate surface area is 151 Å². The summed E-state index contributed by atoms with van der Waals surface area (Å²) in [6.45, 7) is 0. The summed E-state index contributed by atoms with van der Waals surface area (Å²) in [5, 5.41) is 9.51. The SMILES string of the molecule is CSc1ccc(C#N)cc1NS(=O)(=O)c1c[nH]c2ncc(Br)cc12. The van der Waals surface area contributed by atoms with Gasteiger partial charge in [0.05, 0.1) is 17.3 Å². The van der Waals surface area contributed by atoms with Crippen molar-refractivity contribution in [3.63, 3.8) is 0 Å². The van der Waals surface area contributed by atoms with Crippen molar-refractivity contribution >= 4 is 54.4 Å². The molecule has 122 valence electrons. The Hall–Kier alpha value is -2.02. The molecule has 0 unspecified atom stereocenters. The molecule has 0 aliphatic heterocycles. The van der Waals surface area contributed by atoms with Crippen molar-refractivity contribution in [1.82, 2.24) is 9.97 Å². The highest BCUT2D eigenvalue weighted by Crippen LogP contribution is 2.30. The van der Waals surface area contributed by atoms with Gasteiger partial charge in [-0.15, -0.1) is 11.8 Å². The van der Waals surface area contributed by atoms with Crippen LogP contribution in [0.5, 0.6) is 0 Å². The Balaban J connectivity index is 2.09. The summed E-state index contributed by atoms with van der Waals surface area (Å²) >= 11 is 4.69. The van der Waals surface area contributed by atoms with E-state index >= 15 is 0 Å². The number of hydrogen-bond donors (Lipinski definition) is 2. The van der Waals surface area contributed by atoms with E-state index in [4.69, 9.17) is 5.26 Å². The zero-order valence-corrected chi connectivity index (χ0v) is 15.6. The third-order valence-corrected chi connectivity index (χ3v) is 5.96. The lowest BCUT2D eigenvalue weighted by Crippen LogP contribution is -2.13. The maximum atomic E-state index is 12.8. The standard InChI is InChI=1S/C15H11BrN4O2S2/c1-23-13-3-2-9(6-17)4-12(13)20-24(21,22)14-8-19-15-11(14)5-10(16)7-18-15/h2-5,7-8,20H,1H3,(H,18,19). The molecule has 0 saturated carbocycles. The number of benzene rings is 1. The van der Waals surface area contributed by atoms with E-state index in [1.807, 2.05) is 12.3 Å². The molecule has 0 atom stereocenters. The van der Waals surface area contributed by atoms with Crippen LogP contribution in [0.2, 0.25) is 0 Å². The molecule has 2 N–H and O–H groups in total. The Morgan fingerprint density at radius 1 is 1.38 bits per heavy atom. The van der Waals surface area contributed by atoms with Crippen molar-refractivity contribution in [2.75, 3.05) is 11.0 Å². The number of nitrogens with one attached hydrogen (secondary N) is 2. The molecule has 0 spiro atoms. The predicted molar refractivity (Wildman–Crippen MR) is 97.5 cm³/mol. The number of hydrogen-bond acceptors (Lipinski definition) is 5. The van der Waals surface area contributed by atoms with Gasteiger partial charge in [0.1, 0.15) is 10.5 Å². The number of fused-ring (bicyclic) bond motifs is 1. The fraction of sp³-hybridized carbons (Fsp3) is 0.0667. The number of aromatic amines is 1. The van der Waals surface area contributed by atoms with Crippen LogP contribution in [0.1, 0.15) is 5.56 Å². The van der Waals surface area contributed by atoms with Crippen LogP contribution in [0.15, 0.2) is 50.9 Å². The Morgan fingerprint density at radius 2 is 2.17 bits per heavy atom. The van der Waals surface area contributed by atoms with E-state index in [2.05, 4.69) is 30.6 Å². The molecule has 3 rings (SSSR count). The summed E-state index contributed by atoms with van der Waals surface area (Å²) in [5.74, 6) is 0. The molecule has 0 amide bonds. The van der Waals surface area contributed by atoms with E-state index in [-0.39, 0.29) is 4.90 Å². The normalized spacial score (nSPS) is 11.4. The summed E-state index contributed by atoms with van der Waals surface area (Å²) in [5.41, 5.74) is 1.24. The Morgan fingerprint density at radius 3 is 2.88 bits per heavy atom. The van der Waals surface area contributed by atoms with Gasteiger partial charge < -0.3 is 4.98 Å². The number of sulfonamides is 1. The van der Waals surface area contributed by atoms with Gasteiger partial charge in [-0.1, -0.05) is 0 Å². The molecular formula is C15H11BrN4O2S2. The zero-order valence-electron chi connectivity index (χ0n) is 12.4. The van der Waals surface area contributed by atoms with E-state index in [1.165, 1.54) is 24.0 Å². The molecule has 9 heteroatoms. The van der Waals surface area contributed by atoms with Gasteiger partial charge >= 0.3 is 0 Å². The fourth-order valence-electron chi connectivity index (χ4n) is 2.23. The third-order valence-electron chi connectivity index (χ3n) is 3.32. The van der Waals surface area contributed by atoms with Gasteiger partial charge in [0.25, 0.3) is 10.0 Å². The van der Waals surface area contributed by atoms with Crippen molar-refractivity contribution in [2.24, 2.45) is 0 Å². The van der Waals surface area contributed by atoms with Crippen LogP contribution in [0.25, 0.3) is 11.0 Å². The minimum absolute atomic E-state index is 0.0979. The topological polar surface area (TPSA) is 98.6 Å². The number of rotatable bonds is 4. The highest BCUT2D eigenvalue weighted by Gasteiger charge is 2.21. The molecule has 2 aromatic heterocycles. The average molecular weight is 423 g/mol. The van der Waals surface area contributed by atoms with Gasteiger partial charge in [-0.2, -0.15) is 5.26 Å². The van der Waals surface area contributed by atoms with E-state index in [0.717, 1.165) is 4.90 Å². The summed E-state index contributed by atoms with van der Waals surface area (Å²) in [4.78, 5) is 7.82. The molecule has 0 fully saturated rings. The van der Waals surface area contributed by atoms with Gasteiger partial charge in [0, 0.05) is 27.1 Å². The number of thioether (sulfide) groups is 1. The Kier molecular flexibility index (Phi) is 4.54. The van der Waals surface area contributed by atoms with Crippen molar-refractivity contribution < 1.29 is 8.42 Å². The second-order valence-electron chi connectivity index (χ2n) is 4.83. The van der Waals surface area contributed by atoms with Crippen LogP contribution in [0.3, 0.4) is 0 Å². The highest BCUT2D eigenvalue weighted by atomic mass is 79.9. The van der Waals surface area contributed by atoms with Crippen LogP contribution >= 0.6 is 27.7 Å². The predicted octanol–water partition coefficient (Wildman–Crippen LogP) is 3.72. The monoisotopic (exact) mass is 422 g/mol. The Bertz CT molecular complexity index is 1070. The van der Waals surface area contributed by atoms with Gasteiger partial charge in [-0.05, 0) is 46.5 Å². The average Bonchev–Trinajstić information content (AvgIpc) is 2.98. The van der Waals surface area contributed by atoms with E-state index in [9.17, 15) is 8.42 Å². The second-order valence-corrected chi connectivity index (χ2v) is 8.25. The number of anilines is 1. The first-order valence-corrected chi connectivity index (χ1v) is 10.2. The molecule has 24 heavy (non-hydrogen) atoms. The largest absolute Gasteiger partial charge is 0.345 e. The fourth-order valence-corrected chi connectivity index (χ4v) is 4.39. The maximum absolute atomic E-state index is 12.8. The molecular weight excluding hydrogens is 412 g/mol. The van der Waals surface area contributed by atoms with Gasteiger partial charge in [-0.3, -0.25) is 4.72 Å². The first-order valence-electron chi connectivity index (χ1n) is 6.68. The minimum atomic E-state index is -3.84. The lowest BCUT2D eigenvalue weighted by atomic mass is 10.2. The second kappa shape index (κ2) is 6.47. The minimum Gasteiger partial charge on any atom is -0.345 e. The number of halogens is 1. The summed E-state index contributed by atoms with van der Waals surface area (Å²) < 4.78 is 28.8. The van der Waals surface area contributed by atoms with Crippen LogP contribution in [-0.4, -0.2) is 24.6 Å². The highest BCUT2D eigenvalue weighted by molar-refractivity contribution is 9.10. The summed E-state index contributed by atoms with van der Waals surface area (Å²) in [6, 6.07) is 8.59. The molecule has 6 nitrogen and oxygen atoms in total. The number of H-pyrrole nitrogens is 1. The smallest absolute Gasteiger partial charge is 0.264 e. The van der Waals surface area contributed by atoms with Crippen molar-refractivity contribution in [3.05, 3.63) is 46.7 Å². The summed E-state index contributed by atoms with van der Waals surface area (Å²) in [6.07, 6.45) is 4.83. The lowest BCUT2D eigenvalue weighted by Gasteiger charge is -2.11. The van der Waals surface area contributed by atoms with Gasteiger partial charge in [0.2, 0.25) is 0 Å². The summed E-state index contributed by atoms with van der Waals surface area (Å²) in [7, 11) is -3.84. The van der Waals surface area contributed by atoms with Crippen LogP contribution in [0.4, 0.5) is 5.69 Å². The van der Waals surface area contributed by atoms with Gasteiger partial charge in [0.15, 0.2) is 0 Å². The molecule has 0 saturated heterocycles. The molecule has 0 bridgehead atoms. The molecule has 0 aliphatic rings. The maximum Gasteiger partial charge on any atom is 0.264 e. The van der Waals surface area contributed by atoms with E-state index in [0.29, 0.717) is 26.8 Å². The van der Waals surface area contributed by atoms with Crippen LogP contribution in [-0.2, 0) is 10.0 Å². The zero-order chi connectivity index (χ0) is 17.3. The number of aromatic nitrogens is 2. The number of pyridine rings is 1. The quantitative estimate of drug-likeness (QED) is 0.624. The molecule has 0 aliphatic carbocycles. The van der Waals surface area contributed by atoms with Crippen molar-refractivity contribution in [1.29, 1.82) is 5.26 Å². The number of nitrogens with zero attached hydrogens (tertiary/aromatic N) is 2. The first-order chi connectivity index (χ1) is 11.4. The van der Waals surface area contributed by atoms with Crippen molar-refractivity contribution in [2.45, 2.75) is 9.79 Å². The van der Waals surface area contributed by atoms with E-state index < -0.39 is 10.0 Å². The molecule has 2 heterocycles. The van der Waals surface area contributed by atoms with Crippen LogP contribution < -0.4 is 4.72 Å². The van der Waals surface area contributed by atoms with E-state index in [1.54, 1.807) is 24.4 Å². The molecule has 0 radical (unpaired) electrons. The number of nitriles is 1. The molecule has 3 aromatic rings. The molecule has 1 aromatic carbocycles. The first kappa shape index (κ1) is 16.8.